The average Bonchev–Trinajstić information content (AvgIpc) is 2.88. The molecule has 2 aromatic heterocycles. The number of nitrogen functional groups attached to an aromatic ring is 1. The van der Waals surface area contributed by atoms with Crippen molar-refractivity contribution in [2.24, 2.45) is 0 Å². The van der Waals surface area contributed by atoms with Crippen molar-refractivity contribution in [1.29, 1.82) is 0 Å². The number of hydrogen-bond donors (Lipinski definition) is 4. The lowest BCUT2D eigenvalue weighted by molar-refractivity contribution is 0.597. The van der Waals surface area contributed by atoms with Gasteiger partial charge in [-0.25, -0.2) is 4.98 Å². The molecule has 0 aliphatic heterocycles. The van der Waals surface area contributed by atoms with Crippen LogP contribution in [-0.2, 0) is 16.4 Å². The first-order valence-electron chi connectivity index (χ1n) is 4.88. The van der Waals surface area contributed by atoms with Gasteiger partial charge in [0.05, 0.1) is 18.1 Å². The Labute approximate surface area is 97.7 Å². The van der Waals surface area contributed by atoms with Crippen LogP contribution in [0, 0.1) is 0 Å². The molecule has 8 nitrogen and oxygen atoms in total. The number of aromatic amines is 2. The van der Waals surface area contributed by atoms with E-state index < -0.39 is 10.0 Å². The Morgan fingerprint density at radius 2 is 2.24 bits per heavy atom. The molecule has 2 heterocycles. The number of hydrogen-bond acceptors (Lipinski definition) is 5. The first-order chi connectivity index (χ1) is 8.03. The van der Waals surface area contributed by atoms with E-state index in [0.29, 0.717) is 12.2 Å². The largest absolute Gasteiger partial charge is 0.394 e. The number of nitrogens with two attached hydrogens (primary N) is 1. The Morgan fingerprint density at radius 3 is 2.76 bits per heavy atom. The number of imidazole rings is 1. The fraction of sp³-hybridized carbons (Fsp3) is 0.250. The maximum absolute atomic E-state index is 11.9. The molecule has 0 saturated carbocycles. The zero-order valence-electron chi connectivity index (χ0n) is 9.06. The first kappa shape index (κ1) is 11.5. The summed E-state index contributed by atoms with van der Waals surface area (Å²) >= 11 is 0. The SMILES string of the molecule is CCc1ncc(S(=O)(=O)Nc2[nH]ncc2N)[nH]1. The number of nitrogens with one attached hydrogen (secondary N) is 3. The van der Waals surface area contributed by atoms with Crippen molar-refractivity contribution >= 4 is 21.5 Å². The van der Waals surface area contributed by atoms with Gasteiger partial charge in [0.2, 0.25) is 0 Å². The molecule has 17 heavy (non-hydrogen) atoms. The van der Waals surface area contributed by atoms with Gasteiger partial charge in [-0.3, -0.25) is 9.82 Å². The van der Waals surface area contributed by atoms with Crippen LogP contribution in [0.2, 0.25) is 0 Å². The molecule has 5 N–H and O–H groups in total. The van der Waals surface area contributed by atoms with Crippen molar-refractivity contribution in [3.63, 3.8) is 0 Å². The molecule has 0 aliphatic carbocycles. The fourth-order valence-corrected chi connectivity index (χ4v) is 2.21. The van der Waals surface area contributed by atoms with Crippen LogP contribution in [0.1, 0.15) is 12.7 Å². The standard InChI is InChI=1S/C8H12N6O2S/c1-2-6-10-4-7(12-6)17(15,16)14-8-5(9)3-11-13-8/h3-4H,2,9H2,1H3,(H,10,12)(H2,11,13,14). The van der Waals surface area contributed by atoms with Crippen molar-refractivity contribution < 1.29 is 8.42 Å². The smallest absolute Gasteiger partial charge is 0.280 e. The van der Waals surface area contributed by atoms with Crippen LogP contribution in [0.25, 0.3) is 0 Å². The highest BCUT2D eigenvalue weighted by atomic mass is 32.2. The number of nitrogens with zero attached hydrogens (tertiary/aromatic N) is 2. The van der Waals surface area contributed by atoms with Crippen molar-refractivity contribution in [2.45, 2.75) is 18.4 Å². The fourth-order valence-electron chi connectivity index (χ4n) is 1.23. The van der Waals surface area contributed by atoms with E-state index >= 15 is 0 Å². The van der Waals surface area contributed by atoms with Crippen molar-refractivity contribution in [3.8, 4) is 0 Å². The molecule has 9 heteroatoms. The molecular weight excluding hydrogens is 244 g/mol. The van der Waals surface area contributed by atoms with Crippen LogP contribution in [0.15, 0.2) is 17.4 Å². The minimum Gasteiger partial charge on any atom is -0.394 e. The van der Waals surface area contributed by atoms with Crippen LogP contribution in [0.3, 0.4) is 0 Å². The lowest BCUT2D eigenvalue weighted by Crippen LogP contribution is -2.14. The first-order valence-corrected chi connectivity index (χ1v) is 6.37. The Morgan fingerprint density at radius 1 is 1.47 bits per heavy atom. The van der Waals surface area contributed by atoms with E-state index in [1.165, 1.54) is 12.4 Å². The van der Waals surface area contributed by atoms with E-state index in [1.54, 1.807) is 0 Å². The minimum absolute atomic E-state index is 0.0108. The summed E-state index contributed by atoms with van der Waals surface area (Å²) in [6.07, 6.45) is 3.21. The summed E-state index contributed by atoms with van der Waals surface area (Å²) < 4.78 is 26.1. The van der Waals surface area contributed by atoms with E-state index in [1.807, 2.05) is 6.92 Å². The molecule has 0 radical (unpaired) electrons. The molecule has 0 atom stereocenters. The normalized spacial score (nSPS) is 11.6. The lowest BCUT2D eigenvalue weighted by atomic mass is 10.5. The number of sulfonamides is 1. The van der Waals surface area contributed by atoms with Crippen LogP contribution in [0.4, 0.5) is 11.5 Å². The third-order valence-corrected chi connectivity index (χ3v) is 3.39. The summed E-state index contributed by atoms with van der Waals surface area (Å²) in [5, 5.41) is 6.06. The Balaban J connectivity index is 2.28. The van der Waals surface area contributed by atoms with Crippen molar-refractivity contribution in [1.82, 2.24) is 20.2 Å². The Kier molecular flexibility index (Phi) is 2.76. The Bertz CT molecular complexity index is 614. The van der Waals surface area contributed by atoms with Crippen LogP contribution in [0.5, 0.6) is 0 Å². The second kappa shape index (κ2) is 4.09. The molecule has 0 aromatic carbocycles. The summed E-state index contributed by atoms with van der Waals surface area (Å²) in [5.74, 6) is 0.737. The molecule has 0 fully saturated rings. The highest BCUT2D eigenvalue weighted by Gasteiger charge is 2.18. The number of aryl methyl sites for hydroxylation is 1. The van der Waals surface area contributed by atoms with Gasteiger partial charge in [0.1, 0.15) is 5.82 Å². The second-order valence-electron chi connectivity index (χ2n) is 3.35. The van der Waals surface area contributed by atoms with Crippen LogP contribution >= 0.6 is 0 Å². The molecule has 2 aromatic rings. The average molecular weight is 256 g/mol. The minimum atomic E-state index is -3.71. The lowest BCUT2D eigenvalue weighted by Gasteiger charge is -2.03. The molecule has 2 rings (SSSR count). The highest BCUT2D eigenvalue weighted by Crippen LogP contribution is 2.17. The van der Waals surface area contributed by atoms with E-state index in [2.05, 4.69) is 24.9 Å². The van der Waals surface area contributed by atoms with Gasteiger partial charge in [-0.2, -0.15) is 13.5 Å². The van der Waals surface area contributed by atoms with Gasteiger partial charge in [0, 0.05) is 6.42 Å². The molecule has 0 saturated heterocycles. The van der Waals surface area contributed by atoms with E-state index in [-0.39, 0.29) is 16.5 Å². The predicted octanol–water partition coefficient (Wildman–Crippen LogP) is 0.0782. The van der Waals surface area contributed by atoms with E-state index in [9.17, 15) is 8.42 Å². The molecule has 0 unspecified atom stereocenters. The van der Waals surface area contributed by atoms with Gasteiger partial charge in [-0.1, -0.05) is 6.92 Å². The maximum atomic E-state index is 11.9. The zero-order valence-corrected chi connectivity index (χ0v) is 9.87. The number of anilines is 2. The number of rotatable bonds is 4. The monoisotopic (exact) mass is 256 g/mol. The topological polar surface area (TPSA) is 130 Å². The summed E-state index contributed by atoms with van der Waals surface area (Å²) in [7, 11) is -3.71. The molecular formula is C8H12N6O2S. The number of aromatic nitrogens is 4. The third kappa shape index (κ3) is 2.23. The Hall–Kier alpha value is -2.03. The van der Waals surface area contributed by atoms with Gasteiger partial charge in [-0.15, -0.1) is 0 Å². The van der Waals surface area contributed by atoms with Gasteiger partial charge in [0.15, 0.2) is 10.8 Å². The van der Waals surface area contributed by atoms with Gasteiger partial charge >= 0.3 is 0 Å². The van der Waals surface area contributed by atoms with Gasteiger partial charge in [0.25, 0.3) is 10.0 Å². The highest BCUT2D eigenvalue weighted by molar-refractivity contribution is 7.92. The van der Waals surface area contributed by atoms with E-state index in [4.69, 9.17) is 5.73 Å². The molecule has 0 spiro atoms. The third-order valence-electron chi connectivity index (χ3n) is 2.13. The summed E-state index contributed by atoms with van der Waals surface area (Å²) in [4.78, 5) is 6.62. The summed E-state index contributed by atoms with van der Waals surface area (Å²) in [6.45, 7) is 1.87. The van der Waals surface area contributed by atoms with Crippen LogP contribution < -0.4 is 10.5 Å². The predicted molar refractivity (Wildman–Crippen MR) is 61.8 cm³/mol. The molecule has 0 bridgehead atoms. The second-order valence-corrected chi connectivity index (χ2v) is 5.00. The molecule has 92 valence electrons. The molecule has 0 amide bonds. The van der Waals surface area contributed by atoms with Crippen LogP contribution in [-0.4, -0.2) is 28.6 Å². The van der Waals surface area contributed by atoms with Crippen molar-refractivity contribution in [3.05, 3.63) is 18.2 Å². The molecule has 0 aliphatic rings. The van der Waals surface area contributed by atoms with E-state index in [0.717, 1.165) is 0 Å². The van der Waals surface area contributed by atoms with Gasteiger partial charge < -0.3 is 10.7 Å². The number of H-pyrrole nitrogens is 2. The maximum Gasteiger partial charge on any atom is 0.280 e. The zero-order chi connectivity index (χ0) is 12.5. The summed E-state index contributed by atoms with van der Waals surface area (Å²) in [6, 6.07) is 0. The summed E-state index contributed by atoms with van der Waals surface area (Å²) in [5.41, 5.74) is 5.74. The van der Waals surface area contributed by atoms with Crippen molar-refractivity contribution in [2.75, 3.05) is 10.5 Å². The quantitative estimate of drug-likeness (QED) is 0.615. The van der Waals surface area contributed by atoms with Gasteiger partial charge in [-0.05, 0) is 0 Å².